The molecule has 0 spiro atoms. The Morgan fingerprint density at radius 2 is 2.03 bits per heavy atom. The van der Waals surface area contributed by atoms with Crippen LogP contribution in [0.1, 0.15) is 18.9 Å². The van der Waals surface area contributed by atoms with Crippen LogP contribution < -0.4 is 0 Å². The minimum Gasteiger partial charge on any atom is -0.483 e. The zero-order valence-electron chi connectivity index (χ0n) is 16.6. The van der Waals surface area contributed by atoms with Gasteiger partial charge in [-0.3, -0.25) is 14.5 Å². The van der Waals surface area contributed by atoms with Crippen molar-refractivity contribution >= 4 is 12.4 Å². The van der Waals surface area contributed by atoms with Crippen LogP contribution in [-0.2, 0) is 14.3 Å². The summed E-state index contributed by atoms with van der Waals surface area (Å²) >= 11 is 0. The number of imidazole rings is 1. The van der Waals surface area contributed by atoms with Gasteiger partial charge >= 0.3 is 0 Å². The maximum absolute atomic E-state index is 12.0. The summed E-state index contributed by atoms with van der Waals surface area (Å²) in [4.78, 5) is 37.1. The molecule has 0 radical (unpaired) electrons. The summed E-state index contributed by atoms with van der Waals surface area (Å²) in [5, 5.41) is 6.89. The molecule has 4 heterocycles. The van der Waals surface area contributed by atoms with Gasteiger partial charge in [-0.25, -0.2) is 15.0 Å². The van der Waals surface area contributed by atoms with Crippen LogP contribution in [0.4, 0.5) is 0 Å². The van der Waals surface area contributed by atoms with Gasteiger partial charge in [0.2, 0.25) is 5.91 Å². The van der Waals surface area contributed by atoms with Crippen molar-refractivity contribution in [2.75, 3.05) is 33.8 Å². The van der Waals surface area contributed by atoms with Gasteiger partial charge in [-0.05, 0) is 6.42 Å². The molecular formula is C19H26N6O4. The number of nitrogens with zero attached hydrogens (tertiary/aromatic N) is 6. The second kappa shape index (κ2) is 9.57. The molecule has 2 aromatic rings. The normalized spacial score (nSPS) is 23.6. The van der Waals surface area contributed by atoms with Crippen molar-refractivity contribution in [1.82, 2.24) is 29.3 Å². The molecule has 0 bridgehead atoms. The average Bonchev–Trinajstić information content (AvgIpc) is 3.35. The lowest BCUT2D eigenvalue weighted by molar-refractivity contribution is -0.134. The monoisotopic (exact) mass is 402 g/mol. The quantitative estimate of drug-likeness (QED) is 0.737. The van der Waals surface area contributed by atoms with Crippen LogP contribution in [0.5, 0.6) is 0 Å². The predicted octanol–water partition coefficient (Wildman–Crippen LogP) is 0.533. The average molecular weight is 402 g/mol. The van der Waals surface area contributed by atoms with E-state index in [1.54, 1.807) is 31.4 Å². The molecule has 4 rings (SSSR count). The first-order valence-electron chi connectivity index (χ1n) is 9.45. The van der Waals surface area contributed by atoms with Crippen molar-refractivity contribution in [3.05, 3.63) is 31.1 Å². The fraction of sp³-hybridized carbons (Fsp3) is 0.526. The van der Waals surface area contributed by atoms with Gasteiger partial charge in [-0.15, -0.1) is 0 Å². The third-order valence-corrected chi connectivity index (χ3v) is 5.25. The van der Waals surface area contributed by atoms with Gasteiger partial charge in [0.15, 0.2) is 0 Å². The number of carbonyl (C=O) groups excluding carboxylic acids is 1. The largest absolute Gasteiger partial charge is 0.483 e. The lowest BCUT2D eigenvalue weighted by Gasteiger charge is -2.35. The number of ether oxygens (including phenoxy) is 1. The fourth-order valence-electron chi connectivity index (χ4n) is 3.86. The maximum Gasteiger partial charge on any atom is 0.290 e. The molecule has 10 heteroatoms. The standard InChI is InChI=1S/C18H24N6O2.CH2O2/c1-22(2)17(25)6-16-10-23-9-14(5-15(23)11-26-16)24-4-3-21-18(24)13-7-19-12-20-8-13;2-1-3/h3-4,7-8,12,14-16H,5-6,9-11H2,1-2H3;1H,(H,2,3)/t14-,15+,16+;/m1./s1. The minimum atomic E-state index is -0.250. The number of carbonyl (C=O) groups is 2. The summed E-state index contributed by atoms with van der Waals surface area (Å²) in [5.41, 5.74) is 0.924. The van der Waals surface area contributed by atoms with E-state index >= 15 is 0 Å². The Hall–Kier alpha value is -2.85. The van der Waals surface area contributed by atoms with E-state index in [-0.39, 0.29) is 18.5 Å². The van der Waals surface area contributed by atoms with Crippen LogP contribution in [0, 0.1) is 0 Å². The van der Waals surface area contributed by atoms with E-state index in [0.29, 0.717) is 25.1 Å². The van der Waals surface area contributed by atoms with Gasteiger partial charge in [0.05, 0.1) is 24.7 Å². The molecule has 3 atom stereocenters. The van der Waals surface area contributed by atoms with Gasteiger partial charge in [-0.2, -0.15) is 0 Å². The Kier molecular flexibility index (Phi) is 6.89. The van der Waals surface area contributed by atoms with Crippen LogP contribution in [0.3, 0.4) is 0 Å². The number of aromatic nitrogens is 4. The third-order valence-electron chi connectivity index (χ3n) is 5.25. The highest BCUT2D eigenvalue weighted by Gasteiger charge is 2.39. The van der Waals surface area contributed by atoms with Crippen LogP contribution in [0.25, 0.3) is 11.4 Å². The van der Waals surface area contributed by atoms with E-state index in [4.69, 9.17) is 14.6 Å². The van der Waals surface area contributed by atoms with E-state index in [1.165, 1.54) is 6.33 Å². The number of morpholine rings is 1. The van der Waals surface area contributed by atoms with Crippen LogP contribution in [0.15, 0.2) is 31.1 Å². The van der Waals surface area contributed by atoms with Crippen molar-refractivity contribution in [2.45, 2.75) is 31.0 Å². The van der Waals surface area contributed by atoms with Crippen molar-refractivity contribution in [3.8, 4) is 11.4 Å². The number of rotatable bonds is 4. The Labute approximate surface area is 169 Å². The summed E-state index contributed by atoms with van der Waals surface area (Å²) in [6.45, 7) is 2.18. The summed E-state index contributed by atoms with van der Waals surface area (Å²) < 4.78 is 8.18. The van der Waals surface area contributed by atoms with Crippen molar-refractivity contribution < 1.29 is 19.4 Å². The molecule has 2 aliphatic heterocycles. The topological polar surface area (TPSA) is 114 Å². The Balaban J connectivity index is 0.000000755. The molecule has 2 aromatic heterocycles. The zero-order valence-corrected chi connectivity index (χ0v) is 16.6. The highest BCUT2D eigenvalue weighted by Crippen LogP contribution is 2.33. The molecule has 1 N–H and O–H groups in total. The van der Waals surface area contributed by atoms with Crippen LogP contribution in [0.2, 0.25) is 0 Å². The second-order valence-corrected chi connectivity index (χ2v) is 7.34. The first-order valence-corrected chi connectivity index (χ1v) is 9.45. The zero-order chi connectivity index (χ0) is 20.8. The second-order valence-electron chi connectivity index (χ2n) is 7.34. The maximum atomic E-state index is 12.0. The van der Waals surface area contributed by atoms with Gasteiger partial charge in [0.1, 0.15) is 12.2 Å². The molecule has 1 amide bonds. The highest BCUT2D eigenvalue weighted by molar-refractivity contribution is 5.76. The Morgan fingerprint density at radius 3 is 2.72 bits per heavy atom. The molecule has 2 aliphatic rings. The van der Waals surface area contributed by atoms with E-state index < -0.39 is 0 Å². The van der Waals surface area contributed by atoms with Gasteiger partial charge in [0, 0.05) is 64.1 Å². The molecule has 156 valence electrons. The van der Waals surface area contributed by atoms with Crippen LogP contribution in [-0.4, -0.2) is 92.7 Å². The highest BCUT2D eigenvalue weighted by atomic mass is 16.5. The van der Waals surface area contributed by atoms with E-state index in [1.807, 2.05) is 12.4 Å². The number of hydrogen-bond acceptors (Lipinski definition) is 7. The summed E-state index contributed by atoms with van der Waals surface area (Å²) in [6.07, 6.45) is 10.4. The van der Waals surface area contributed by atoms with Crippen LogP contribution >= 0.6 is 0 Å². The van der Waals surface area contributed by atoms with Gasteiger partial charge < -0.3 is 19.3 Å². The summed E-state index contributed by atoms with van der Waals surface area (Å²) in [5.74, 6) is 1.01. The predicted molar refractivity (Wildman–Crippen MR) is 104 cm³/mol. The van der Waals surface area contributed by atoms with Gasteiger partial charge in [-0.1, -0.05) is 0 Å². The van der Waals surface area contributed by atoms with Crippen molar-refractivity contribution in [1.29, 1.82) is 0 Å². The first kappa shape index (κ1) is 20.9. The number of fused-ring (bicyclic) bond motifs is 1. The summed E-state index contributed by atoms with van der Waals surface area (Å²) in [7, 11) is 3.57. The molecule has 0 saturated carbocycles. The van der Waals surface area contributed by atoms with E-state index in [9.17, 15) is 4.79 Å². The summed E-state index contributed by atoms with van der Waals surface area (Å²) in [6, 6.07) is 0.734. The Morgan fingerprint density at radius 1 is 1.31 bits per heavy atom. The molecule has 10 nitrogen and oxygen atoms in total. The van der Waals surface area contributed by atoms with Crippen molar-refractivity contribution in [2.24, 2.45) is 0 Å². The SMILES string of the molecule is CN(C)C(=O)C[C@H]1CN2C[C@H](n3ccnc3-c3cncnc3)C[C@H]2CO1.O=CO. The first-order chi connectivity index (χ1) is 14.0. The third kappa shape index (κ3) is 4.96. The van der Waals surface area contributed by atoms with Gasteiger partial charge in [0.25, 0.3) is 6.47 Å². The molecule has 0 aromatic carbocycles. The molecule has 0 aliphatic carbocycles. The number of amides is 1. The lowest BCUT2D eigenvalue weighted by Crippen LogP contribution is -2.47. The van der Waals surface area contributed by atoms with Crippen molar-refractivity contribution in [3.63, 3.8) is 0 Å². The molecule has 2 fully saturated rings. The molecule has 0 unspecified atom stereocenters. The minimum absolute atomic E-state index is 0.0234. The smallest absolute Gasteiger partial charge is 0.290 e. The number of carboxylic acid groups (broad SMARTS) is 1. The van der Waals surface area contributed by atoms with E-state index in [0.717, 1.165) is 30.9 Å². The fourth-order valence-corrected chi connectivity index (χ4v) is 3.86. The molecule has 29 heavy (non-hydrogen) atoms. The lowest BCUT2D eigenvalue weighted by atomic mass is 10.1. The number of hydrogen-bond donors (Lipinski definition) is 1. The molecular weight excluding hydrogens is 376 g/mol. The van der Waals surface area contributed by atoms with E-state index in [2.05, 4.69) is 24.4 Å². The molecule has 2 saturated heterocycles. The Bertz CT molecular complexity index is 812.